The van der Waals surface area contributed by atoms with Crippen LogP contribution in [0.5, 0.6) is 0 Å². The van der Waals surface area contributed by atoms with E-state index in [1.54, 1.807) is 22.7 Å². The Labute approximate surface area is 147 Å². The van der Waals surface area contributed by atoms with E-state index in [9.17, 15) is 9.59 Å². The zero-order chi connectivity index (χ0) is 18.0. The Morgan fingerprint density at radius 2 is 2.00 bits per heavy atom. The molecule has 0 aliphatic carbocycles. The predicted molar refractivity (Wildman–Crippen MR) is 95.9 cm³/mol. The highest BCUT2D eigenvalue weighted by atomic mass is 16.2. The standard InChI is InChI=1S/C19H24N4O2/c1-4-23-12-11-16(21-23)20-19(25)15-9-10-17(24)22(3)18(15)14-7-5-13(2)6-8-14/h5-8,11-12,15,18H,4,9-10H2,1-3H3,(H,20,21,25)/t15-,18+/m1/s1. The van der Waals surface area contributed by atoms with Gasteiger partial charge in [-0.3, -0.25) is 14.3 Å². The van der Waals surface area contributed by atoms with Crippen LogP contribution in [-0.2, 0) is 16.1 Å². The Hall–Kier alpha value is -2.63. The number of hydrogen-bond donors (Lipinski definition) is 1. The van der Waals surface area contributed by atoms with Gasteiger partial charge in [-0.05, 0) is 25.8 Å². The smallest absolute Gasteiger partial charge is 0.231 e. The molecule has 2 amide bonds. The molecule has 0 spiro atoms. The Morgan fingerprint density at radius 3 is 2.64 bits per heavy atom. The fraction of sp³-hybridized carbons (Fsp3) is 0.421. The molecule has 6 heteroatoms. The highest BCUT2D eigenvalue weighted by Crippen LogP contribution is 2.36. The summed E-state index contributed by atoms with van der Waals surface area (Å²) >= 11 is 0. The van der Waals surface area contributed by atoms with Crippen molar-refractivity contribution in [2.75, 3.05) is 12.4 Å². The number of nitrogens with zero attached hydrogens (tertiary/aromatic N) is 3. The van der Waals surface area contributed by atoms with Crippen LogP contribution in [0.1, 0.15) is 36.9 Å². The first-order valence-electron chi connectivity index (χ1n) is 8.66. The summed E-state index contributed by atoms with van der Waals surface area (Å²) in [6, 6.07) is 9.57. The molecule has 6 nitrogen and oxygen atoms in total. The molecule has 1 aliphatic rings. The van der Waals surface area contributed by atoms with Crippen LogP contribution >= 0.6 is 0 Å². The fourth-order valence-corrected chi connectivity index (χ4v) is 3.36. The first kappa shape index (κ1) is 17.2. The Bertz CT molecular complexity index is 766. The third-order valence-electron chi connectivity index (χ3n) is 4.83. The molecular formula is C19H24N4O2. The summed E-state index contributed by atoms with van der Waals surface area (Å²) in [5.74, 6) is 0.238. The summed E-state index contributed by atoms with van der Waals surface area (Å²) in [6.45, 7) is 4.77. The number of carbonyl (C=O) groups is 2. The number of aryl methyl sites for hydroxylation is 2. The van der Waals surface area contributed by atoms with Crippen LogP contribution in [0.2, 0.25) is 0 Å². The number of amides is 2. The van der Waals surface area contributed by atoms with Crippen LogP contribution in [0.3, 0.4) is 0 Å². The summed E-state index contributed by atoms with van der Waals surface area (Å²) in [5.41, 5.74) is 2.14. The van der Waals surface area contributed by atoms with Gasteiger partial charge in [0.05, 0.1) is 12.0 Å². The normalized spacial score (nSPS) is 20.6. The molecule has 2 heterocycles. The van der Waals surface area contributed by atoms with Crippen molar-refractivity contribution in [3.63, 3.8) is 0 Å². The molecule has 132 valence electrons. The van der Waals surface area contributed by atoms with Crippen molar-refractivity contribution in [3.05, 3.63) is 47.7 Å². The van der Waals surface area contributed by atoms with Gasteiger partial charge in [-0.1, -0.05) is 29.8 Å². The molecule has 1 aromatic carbocycles. The van der Waals surface area contributed by atoms with Gasteiger partial charge in [0, 0.05) is 32.3 Å². The zero-order valence-corrected chi connectivity index (χ0v) is 14.9. The first-order valence-corrected chi connectivity index (χ1v) is 8.66. The van der Waals surface area contributed by atoms with Crippen molar-refractivity contribution < 1.29 is 9.59 Å². The van der Waals surface area contributed by atoms with Gasteiger partial charge in [-0.2, -0.15) is 5.10 Å². The highest BCUT2D eigenvalue weighted by molar-refractivity contribution is 5.94. The number of anilines is 1. The van der Waals surface area contributed by atoms with E-state index in [1.807, 2.05) is 44.3 Å². The van der Waals surface area contributed by atoms with Crippen molar-refractivity contribution in [2.45, 2.75) is 39.3 Å². The lowest BCUT2D eigenvalue weighted by molar-refractivity contribution is -0.140. The number of rotatable bonds is 4. The minimum absolute atomic E-state index is 0.0740. The number of hydrogen-bond acceptors (Lipinski definition) is 3. The largest absolute Gasteiger partial charge is 0.338 e. The van der Waals surface area contributed by atoms with Crippen molar-refractivity contribution in [1.82, 2.24) is 14.7 Å². The molecule has 0 unspecified atom stereocenters. The third-order valence-corrected chi connectivity index (χ3v) is 4.83. The number of nitrogens with one attached hydrogen (secondary N) is 1. The van der Waals surface area contributed by atoms with Crippen LogP contribution in [0, 0.1) is 12.8 Å². The molecule has 1 fully saturated rings. The van der Waals surface area contributed by atoms with E-state index in [0.717, 1.165) is 17.7 Å². The maximum Gasteiger partial charge on any atom is 0.231 e. The van der Waals surface area contributed by atoms with E-state index in [1.165, 1.54) is 0 Å². The molecule has 25 heavy (non-hydrogen) atoms. The van der Waals surface area contributed by atoms with Gasteiger partial charge in [-0.15, -0.1) is 0 Å². The number of carbonyl (C=O) groups excluding carboxylic acids is 2. The SMILES string of the molecule is CCn1ccc(NC(=O)[C@@H]2CCC(=O)N(C)[C@H]2c2ccc(C)cc2)n1. The lowest BCUT2D eigenvalue weighted by Crippen LogP contribution is -2.44. The summed E-state index contributed by atoms with van der Waals surface area (Å²) < 4.78 is 1.77. The molecule has 1 aromatic heterocycles. The molecule has 2 atom stereocenters. The summed E-state index contributed by atoms with van der Waals surface area (Å²) in [5, 5.41) is 7.22. The van der Waals surface area contributed by atoms with Gasteiger partial charge in [0.25, 0.3) is 0 Å². The lowest BCUT2D eigenvalue weighted by atomic mass is 9.83. The molecule has 0 saturated carbocycles. The number of likely N-dealkylation sites (tertiary alicyclic amines) is 1. The van der Waals surface area contributed by atoms with Crippen LogP contribution in [-0.4, -0.2) is 33.5 Å². The van der Waals surface area contributed by atoms with Gasteiger partial charge in [0.2, 0.25) is 11.8 Å². The van der Waals surface area contributed by atoms with Crippen LogP contribution in [0.15, 0.2) is 36.5 Å². The van der Waals surface area contributed by atoms with Crippen molar-refractivity contribution >= 4 is 17.6 Å². The molecule has 0 bridgehead atoms. The minimum atomic E-state index is -0.294. The minimum Gasteiger partial charge on any atom is -0.338 e. The molecule has 2 aromatic rings. The number of piperidine rings is 1. The average molecular weight is 340 g/mol. The van der Waals surface area contributed by atoms with Crippen molar-refractivity contribution in [1.29, 1.82) is 0 Å². The van der Waals surface area contributed by atoms with Crippen LogP contribution in [0.4, 0.5) is 5.82 Å². The average Bonchev–Trinajstić information content (AvgIpc) is 3.05. The second-order valence-corrected chi connectivity index (χ2v) is 6.55. The van der Waals surface area contributed by atoms with E-state index >= 15 is 0 Å². The van der Waals surface area contributed by atoms with Gasteiger partial charge in [0.1, 0.15) is 0 Å². The van der Waals surface area contributed by atoms with E-state index in [2.05, 4.69) is 10.4 Å². The lowest BCUT2D eigenvalue weighted by Gasteiger charge is -2.38. The maximum atomic E-state index is 12.9. The highest BCUT2D eigenvalue weighted by Gasteiger charge is 2.38. The predicted octanol–water partition coefficient (Wildman–Crippen LogP) is 2.76. The number of aromatic nitrogens is 2. The number of benzene rings is 1. The van der Waals surface area contributed by atoms with Crippen LogP contribution in [0.25, 0.3) is 0 Å². The Morgan fingerprint density at radius 1 is 1.28 bits per heavy atom. The Balaban J connectivity index is 1.84. The Kier molecular flexibility index (Phi) is 4.88. The molecule has 0 radical (unpaired) electrons. The second-order valence-electron chi connectivity index (χ2n) is 6.55. The zero-order valence-electron chi connectivity index (χ0n) is 14.9. The van der Waals surface area contributed by atoms with Gasteiger partial charge >= 0.3 is 0 Å². The van der Waals surface area contributed by atoms with Crippen molar-refractivity contribution in [2.24, 2.45) is 5.92 Å². The van der Waals surface area contributed by atoms with E-state index in [4.69, 9.17) is 0 Å². The molecule has 1 aliphatic heterocycles. The van der Waals surface area contributed by atoms with Gasteiger partial charge in [-0.25, -0.2) is 0 Å². The van der Waals surface area contributed by atoms with Crippen molar-refractivity contribution in [3.8, 4) is 0 Å². The monoisotopic (exact) mass is 340 g/mol. The molecule has 3 rings (SSSR count). The van der Waals surface area contributed by atoms with E-state index in [-0.39, 0.29) is 23.8 Å². The van der Waals surface area contributed by atoms with Gasteiger partial charge < -0.3 is 10.2 Å². The first-order chi connectivity index (χ1) is 12.0. The van der Waals surface area contributed by atoms with E-state index in [0.29, 0.717) is 18.7 Å². The van der Waals surface area contributed by atoms with E-state index < -0.39 is 0 Å². The molecule has 1 N–H and O–H groups in total. The third kappa shape index (κ3) is 3.57. The van der Waals surface area contributed by atoms with Gasteiger partial charge in [0.15, 0.2) is 5.82 Å². The summed E-state index contributed by atoms with van der Waals surface area (Å²) in [7, 11) is 1.78. The fourth-order valence-electron chi connectivity index (χ4n) is 3.36. The molecule has 1 saturated heterocycles. The summed E-state index contributed by atoms with van der Waals surface area (Å²) in [4.78, 5) is 26.8. The van der Waals surface area contributed by atoms with Crippen LogP contribution < -0.4 is 5.32 Å². The topological polar surface area (TPSA) is 67.2 Å². The molecular weight excluding hydrogens is 316 g/mol. The maximum absolute atomic E-state index is 12.9. The second kappa shape index (κ2) is 7.09. The summed E-state index contributed by atoms with van der Waals surface area (Å²) in [6.07, 6.45) is 2.77. The quantitative estimate of drug-likeness (QED) is 0.930.